The number of carbonyl (C=O) groups is 1. The van der Waals surface area contributed by atoms with E-state index in [0.29, 0.717) is 17.9 Å². The van der Waals surface area contributed by atoms with Crippen molar-refractivity contribution in [2.45, 2.75) is 19.4 Å². The van der Waals surface area contributed by atoms with Crippen molar-refractivity contribution in [1.82, 2.24) is 5.32 Å². The van der Waals surface area contributed by atoms with Crippen LogP contribution in [0, 0.1) is 0 Å². The largest absolute Gasteiger partial charge is 0.489 e. The number of hydrogen-bond acceptors (Lipinski definition) is 4. The van der Waals surface area contributed by atoms with Gasteiger partial charge in [0, 0.05) is 12.6 Å². The van der Waals surface area contributed by atoms with Gasteiger partial charge in [-0.25, -0.2) is 0 Å². The second-order valence-corrected chi connectivity index (χ2v) is 5.60. The minimum atomic E-state index is -0.0610. The standard InChI is InChI=1S/C14H20N2O2S/c1-10(6-9-19-2)16-14(17)11-4-3-5-12-13(11)18-8-7-15-12/h3-5,10,15H,6-9H2,1-2H3,(H,16,17). The molecule has 0 radical (unpaired) electrons. The van der Waals surface area contributed by atoms with E-state index in [1.54, 1.807) is 11.8 Å². The maximum atomic E-state index is 12.3. The van der Waals surface area contributed by atoms with E-state index in [1.165, 1.54) is 0 Å². The Morgan fingerprint density at radius 1 is 1.58 bits per heavy atom. The van der Waals surface area contributed by atoms with Gasteiger partial charge in [0.2, 0.25) is 0 Å². The molecule has 1 aromatic rings. The van der Waals surface area contributed by atoms with Crippen LogP contribution in [0.5, 0.6) is 5.75 Å². The molecule has 1 aliphatic heterocycles. The third-order valence-electron chi connectivity index (χ3n) is 3.06. The SMILES string of the molecule is CSCCC(C)NC(=O)c1cccc2c1OCCN2. The van der Waals surface area contributed by atoms with Gasteiger partial charge < -0.3 is 15.4 Å². The number of ether oxygens (including phenoxy) is 1. The first kappa shape index (κ1) is 14.1. The fourth-order valence-corrected chi connectivity index (χ4v) is 2.61. The van der Waals surface area contributed by atoms with Gasteiger partial charge in [0.1, 0.15) is 6.61 Å². The van der Waals surface area contributed by atoms with E-state index in [2.05, 4.69) is 16.9 Å². The van der Waals surface area contributed by atoms with Crippen LogP contribution in [0.25, 0.3) is 0 Å². The number of rotatable bonds is 5. The number of anilines is 1. The Bertz CT molecular complexity index is 451. The molecule has 19 heavy (non-hydrogen) atoms. The molecule has 1 atom stereocenters. The van der Waals surface area contributed by atoms with Crippen LogP contribution < -0.4 is 15.4 Å². The van der Waals surface area contributed by atoms with Gasteiger partial charge in [-0.15, -0.1) is 0 Å². The van der Waals surface area contributed by atoms with Gasteiger partial charge in [-0.2, -0.15) is 11.8 Å². The highest BCUT2D eigenvalue weighted by Crippen LogP contribution is 2.31. The molecule has 1 unspecified atom stereocenters. The number of hydrogen-bond donors (Lipinski definition) is 2. The summed E-state index contributed by atoms with van der Waals surface area (Å²) >= 11 is 1.79. The average Bonchev–Trinajstić information content (AvgIpc) is 2.44. The average molecular weight is 280 g/mol. The maximum absolute atomic E-state index is 12.3. The van der Waals surface area contributed by atoms with Crippen LogP contribution in [-0.4, -0.2) is 37.1 Å². The lowest BCUT2D eigenvalue weighted by atomic mass is 10.1. The summed E-state index contributed by atoms with van der Waals surface area (Å²) in [4.78, 5) is 12.3. The zero-order valence-corrected chi connectivity index (χ0v) is 12.2. The summed E-state index contributed by atoms with van der Waals surface area (Å²) in [6.07, 6.45) is 3.04. The number of amides is 1. The second kappa shape index (κ2) is 6.70. The van der Waals surface area contributed by atoms with Crippen molar-refractivity contribution < 1.29 is 9.53 Å². The molecule has 0 aromatic heterocycles. The van der Waals surface area contributed by atoms with Crippen LogP contribution in [0.4, 0.5) is 5.69 Å². The van der Waals surface area contributed by atoms with Gasteiger partial charge in [0.15, 0.2) is 5.75 Å². The van der Waals surface area contributed by atoms with Crippen LogP contribution in [0.3, 0.4) is 0 Å². The molecule has 1 aliphatic rings. The molecule has 2 N–H and O–H groups in total. The Morgan fingerprint density at radius 2 is 2.42 bits per heavy atom. The summed E-state index contributed by atoms with van der Waals surface area (Å²) in [5.41, 5.74) is 1.51. The lowest BCUT2D eigenvalue weighted by Gasteiger charge is -2.22. The normalized spacial score (nSPS) is 14.8. The Labute approximate surface area is 118 Å². The zero-order valence-electron chi connectivity index (χ0n) is 11.4. The molecule has 0 bridgehead atoms. The molecular formula is C14H20N2O2S. The fourth-order valence-electron chi connectivity index (χ4n) is 2.02. The zero-order chi connectivity index (χ0) is 13.7. The van der Waals surface area contributed by atoms with E-state index in [-0.39, 0.29) is 11.9 Å². The Balaban J connectivity index is 2.07. The monoisotopic (exact) mass is 280 g/mol. The summed E-state index contributed by atoms with van der Waals surface area (Å²) < 4.78 is 5.61. The number of thioether (sulfide) groups is 1. The van der Waals surface area contributed by atoms with Crippen molar-refractivity contribution in [2.24, 2.45) is 0 Å². The molecule has 0 fully saturated rings. The number of para-hydroxylation sites is 1. The molecule has 1 aromatic carbocycles. The molecule has 5 heteroatoms. The maximum Gasteiger partial charge on any atom is 0.255 e. The topological polar surface area (TPSA) is 50.4 Å². The molecule has 2 rings (SSSR count). The van der Waals surface area contributed by atoms with Crippen LogP contribution >= 0.6 is 11.8 Å². The van der Waals surface area contributed by atoms with Crippen molar-refractivity contribution in [1.29, 1.82) is 0 Å². The summed E-state index contributed by atoms with van der Waals surface area (Å²) in [5, 5.41) is 6.26. The van der Waals surface area contributed by atoms with Crippen molar-refractivity contribution in [3.05, 3.63) is 23.8 Å². The van der Waals surface area contributed by atoms with Gasteiger partial charge in [-0.1, -0.05) is 6.07 Å². The van der Waals surface area contributed by atoms with Crippen LogP contribution in [-0.2, 0) is 0 Å². The predicted molar refractivity (Wildman–Crippen MR) is 80.4 cm³/mol. The molecule has 0 saturated heterocycles. The minimum absolute atomic E-state index is 0.0610. The molecule has 0 spiro atoms. The van der Waals surface area contributed by atoms with Gasteiger partial charge in [0.05, 0.1) is 11.3 Å². The predicted octanol–water partition coefficient (Wildman–Crippen LogP) is 2.36. The number of benzene rings is 1. The van der Waals surface area contributed by atoms with E-state index < -0.39 is 0 Å². The number of fused-ring (bicyclic) bond motifs is 1. The van der Waals surface area contributed by atoms with Gasteiger partial charge >= 0.3 is 0 Å². The second-order valence-electron chi connectivity index (χ2n) is 4.61. The lowest BCUT2D eigenvalue weighted by Crippen LogP contribution is -2.33. The van der Waals surface area contributed by atoms with Gasteiger partial charge in [0.25, 0.3) is 5.91 Å². The summed E-state index contributed by atoms with van der Waals surface area (Å²) in [7, 11) is 0. The summed E-state index contributed by atoms with van der Waals surface area (Å²) in [6.45, 7) is 3.41. The molecule has 1 heterocycles. The van der Waals surface area contributed by atoms with Crippen LogP contribution in [0.1, 0.15) is 23.7 Å². The van der Waals surface area contributed by atoms with E-state index in [0.717, 1.165) is 24.4 Å². The van der Waals surface area contributed by atoms with Crippen LogP contribution in [0.2, 0.25) is 0 Å². The molecular weight excluding hydrogens is 260 g/mol. The van der Waals surface area contributed by atoms with E-state index in [4.69, 9.17) is 4.74 Å². The molecule has 104 valence electrons. The van der Waals surface area contributed by atoms with E-state index in [9.17, 15) is 4.79 Å². The van der Waals surface area contributed by atoms with Gasteiger partial charge in [-0.05, 0) is 37.5 Å². The first-order valence-corrected chi connectivity index (χ1v) is 7.91. The third-order valence-corrected chi connectivity index (χ3v) is 3.70. The Hall–Kier alpha value is -1.36. The first-order chi connectivity index (χ1) is 9.22. The van der Waals surface area contributed by atoms with Gasteiger partial charge in [-0.3, -0.25) is 4.79 Å². The molecule has 4 nitrogen and oxygen atoms in total. The molecule has 1 amide bonds. The highest BCUT2D eigenvalue weighted by Gasteiger charge is 2.19. The smallest absolute Gasteiger partial charge is 0.255 e. The highest BCUT2D eigenvalue weighted by atomic mass is 32.2. The van der Waals surface area contributed by atoms with Crippen molar-refractivity contribution in [2.75, 3.05) is 30.5 Å². The summed E-state index contributed by atoms with van der Waals surface area (Å²) in [5.74, 6) is 1.66. The number of carbonyl (C=O) groups excluding carboxylic acids is 1. The van der Waals surface area contributed by atoms with Crippen LogP contribution in [0.15, 0.2) is 18.2 Å². The highest BCUT2D eigenvalue weighted by molar-refractivity contribution is 7.98. The Morgan fingerprint density at radius 3 is 3.21 bits per heavy atom. The van der Waals surface area contributed by atoms with Crippen molar-refractivity contribution in [3.8, 4) is 5.75 Å². The van der Waals surface area contributed by atoms with E-state index in [1.807, 2.05) is 25.1 Å². The molecule has 0 aliphatic carbocycles. The quantitative estimate of drug-likeness (QED) is 0.869. The number of nitrogens with one attached hydrogen (secondary N) is 2. The summed E-state index contributed by atoms with van der Waals surface area (Å²) in [6, 6.07) is 5.79. The minimum Gasteiger partial charge on any atom is -0.489 e. The Kier molecular flexibility index (Phi) is 4.96. The van der Waals surface area contributed by atoms with Crippen molar-refractivity contribution >= 4 is 23.4 Å². The lowest BCUT2D eigenvalue weighted by molar-refractivity contribution is 0.0935. The first-order valence-electron chi connectivity index (χ1n) is 6.52. The fraction of sp³-hybridized carbons (Fsp3) is 0.500. The van der Waals surface area contributed by atoms with Crippen molar-refractivity contribution in [3.63, 3.8) is 0 Å². The molecule has 0 saturated carbocycles. The third kappa shape index (κ3) is 3.56. The van der Waals surface area contributed by atoms with E-state index >= 15 is 0 Å².